The number of fused-ring (bicyclic) bond motifs is 4. The molecule has 1 aromatic carbocycles. The molecule has 0 radical (unpaired) electrons. The molecular weight excluding hydrogens is 466 g/mol. The Hall–Kier alpha value is -2.44. The lowest BCUT2D eigenvalue weighted by molar-refractivity contribution is -0.143. The number of epoxide rings is 1. The molecule has 2 saturated heterocycles. The molecule has 1 aromatic rings. The number of benzene rings is 1. The van der Waals surface area contributed by atoms with E-state index in [1.54, 1.807) is 0 Å². The molecule has 6 nitrogen and oxygen atoms in total. The molecule has 37 heavy (non-hydrogen) atoms. The summed E-state index contributed by atoms with van der Waals surface area (Å²) in [6, 6.07) is 7.80. The van der Waals surface area contributed by atoms with E-state index in [-0.39, 0.29) is 47.4 Å². The average Bonchev–Trinajstić information content (AvgIpc) is 3.50. The maximum atomic E-state index is 14.6. The van der Waals surface area contributed by atoms with Gasteiger partial charge in [-0.1, -0.05) is 50.6 Å². The lowest BCUT2D eigenvalue weighted by Gasteiger charge is -2.48. The van der Waals surface area contributed by atoms with E-state index in [4.69, 9.17) is 9.47 Å². The third-order valence-corrected chi connectivity index (χ3v) is 10.9. The van der Waals surface area contributed by atoms with Crippen LogP contribution in [0.15, 0.2) is 48.6 Å². The number of amides is 1. The number of rotatable bonds is 1. The number of morpholine rings is 1. The number of ketones is 1. The summed E-state index contributed by atoms with van der Waals surface area (Å²) in [6.07, 6.45) is 5.35. The summed E-state index contributed by atoms with van der Waals surface area (Å²) < 4.78 is 12.9. The van der Waals surface area contributed by atoms with Crippen molar-refractivity contribution in [3.8, 4) is 5.75 Å². The number of hydrogen-bond donors (Lipinski definition) is 2. The second kappa shape index (κ2) is 7.35. The van der Waals surface area contributed by atoms with Gasteiger partial charge in [-0.15, -0.1) is 6.58 Å². The van der Waals surface area contributed by atoms with E-state index < -0.39 is 29.3 Å². The van der Waals surface area contributed by atoms with Crippen LogP contribution in [0.1, 0.15) is 46.1 Å². The largest absolute Gasteiger partial charge is 0.490 e. The van der Waals surface area contributed by atoms with Gasteiger partial charge in [-0.3, -0.25) is 9.59 Å². The summed E-state index contributed by atoms with van der Waals surface area (Å²) in [6.45, 7) is 13.4. The third kappa shape index (κ3) is 2.89. The molecule has 7 aliphatic rings. The molecule has 2 saturated carbocycles. The minimum Gasteiger partial charge on any atom is -0.490 e. The lowest BCUT2D eigenvalue weighted by atomic mass is 9.55. The molecule has 4 fully saturated rings. The van der Waals surface area contributed by atoms with Crippen LogP contribution >= 0.6 is 0 Å². The number of Topliss-reactive ketones (excluding diaryl/α,β-unsaturated/α-hetero) is 1. The second-order valence-corrected chi connectivity index (χ2v) is 13.2. The van der Waals surface area contributed by atoms with Crippen molar-refractivity contribution in [2.75, 3.05) is 0 Å². The first-order valence-corrected chi connectivity index (χ1v) is 13.9. The maximum absolute atomic E-state index is 14.6. The van der Waals surface area contributed by atoms with Crippen molar-refractivity contribution in [2.45, 2.75) is 70.5 Å². The highest BCUT2D eigenvalue weighted by Crippen LogP contribution is 2.68. The molecule has 12 unspecified atom stereocenters. The zero-order valence-corrected chi connectivity index (χ0v) is 22.1. The van der Waals surface area contributed by atoms with Gasteiger partial charge in [0.15, 0.2) is 17.6 Å². The van der Waals surface area contributed by atoms with Gasteiger partial charge >= 0.3 is 0 Å². The summed E-state index contributed by atoms with van der Waals surface area (Å²) >= 11 is 0. The van der Waals surface area contributed by atoms with Gasteiger partial charge < -0.3 is 19.9 Å². The first-order chi connectivity index (χ1) is 17.5. The third-order valence-electron chi connectivity index (χ3n) is 10.9. The number of allylic oxidation sites excluding steroid dienone is 3. The smallest absolute Gasteiger partial charge is 0.265 e. The summed E-state index contributed by atoms with van der Waals surface area (Å²) in [5.74, 6) is 0.618. The molecule has 0 aromatic heterocycles. The number of aliphatic hydroxyl groups is 1. The molecule has 6 heteroatoms. The van der Waals surface area contributed by atoms with Crippen LogP contribution in [0.3, 0.4) is 0 Å². The van der Waals surface area contributed by atoms with Gasteiger partial charge in [0.1, 0.15) is 11.9 Å². The highest BCUT2D eigenvalue weighted by atomic mass is 16.6. The molecular formula is C31H37NO5. The lowest BCUT2D eigenvalue weighted by Crippen LogP contribution is -2.51. The SMILES string of the molecule is C=CC1C=C(C)C2C3C(Oc4ccc(cc4)CC4(O)NC(=O)C5(OC45)C(=O)C13)C1C(C)CC(C)CC21C. The van der Waals surface area contributed by atoms with Crippen molar-refractivity contribution in [3.05, 3.63) is 54.1 Å². The molecule has 0 spiro atoms. The van der Waals surface area contributed by atoms with Crippen molar-refractivity contribution in [1.29, 1.82) is 0 Å². The number of hydrogen-bond acceptors (Lipinski definition) is 5. The van der Waals surface area contributed by atoms with Crippen molar-refractivity contribution in [2.24, 2.45) is 46.8 Å². The standard InChI is InChI=1S/C31H37NO5/c1-6-19-12-17(4)23-22-21(19)26(33)31-27(37-31)30(35,32-28(31)34)14-18-7-9-20(10-8-18)36-25(22)24-16(3)11-15(2)13-29(23,24)5/h6-10,12,15-16,19,21-25,27,35H,1,11,13-14H2,2-5H3,(H,32,34). The molecule has 4 bridgehead atoms. The predicted octanol–water partition coefficient (Wildman–Crippen LogP) is 3.83. The van der Waals surface area contributed by atoms with Gasteiger partial charge in [0.25, 0.3) is 5.91 Å². The summed E-state index contributed by atoms with van der Waals surface area (Å²) in [7, 11) is 0. The van der Waals surface area contributed by atoms with Gasteiger partial charge in [-0.2, -0.15) is 0 Å². The zero-order valence-electron chi connectivity index (χ0n) is 22.1. The fourth-order valence-electron chi connectivity index (χ4n) is 9.97. The normalized spacial score (nSPS) is 51.3. The van der Waals surface area contributed by atoms with E-state index in [0.29, 0.717) is 11.8 Å². The van der Waals surface area contributed by atoms with Crippen LogP contribution in [0, 0.1) is 46.8 Å². The molecule has 12 atom stereocenters. The Balaban J connectivity index is 1.46. The Labute approximate surface area is 218 Å². The van der Waals surface area contributed by atoms with Crippen molar-refractivity contribution >= 4 is 11.7 Å². The fraction of sp³-hybridized carbons (Fsp3) is 0.613. The van der Waals surface area contributed by atoms with Crippen LogP contribution in [0.5, 0.6) is 5.75 Å². The van der Waals surface area contributed by atoms with E-state index >= 15 is 0 Å². The Morgan fingerprint density at radius 3 is 2.59 bits per heavy atom. The minimum absolute atomic E-state index is 0.0329. The highest BCUT2D eigenvalue weighted by Gasteiger charge is 2.82. The Morgan fingerprint density at radius 2 is 1.92 bits per heavy atom. The molecule has 1 amide bonds. The Kier molecular flexibility index (Phi) is 4.70. The van der Waals surface area contributed by atoms with Crippen molar-refractivity contribution in [1.82, 2.24) is 5.32 Å². The topological polar surface area (TPSA) is 88.2 Å². The van der Waals surface area contributed by atoms with E-state index in [2.05, 4.69) is 45.7 Å². The Morgan fingerprint density at radius 1 is 1.19 bits per heavy atom. The average molecular weight is 504 g/mol. The predicted molar refractivity (Wildman–Crippen MR) is 137 cm³/mol. The molecule has 8 rings (SSSR count). The van der Waals surface area contributed by atoms with Crippen LogP contribution in [0.2, 0.25) is 0 Å². The summed E-state index contributed by atoms with van der Waals surface area (Å²) in [4.78, 5) is 28.0. The molecule has 3 aliphatic carbocycles. The summed E-state index contributed by atoms with van der Waals surface area (Å²) in [5.41, 5.74) is -1.16. The van der Waals surface area contributed by atoms with Gasteiger partial charge in [0.05, 0.1) is 0 Å². The highest BCUT2D eigenvalue weighted by molar-refractivity contribution is 6.16. The fourth-order valence-corrected chi connectivity index (χ4v) is 9.97. The van der Waals surface area contributed by atoms with Crippen LogP contribution in [0.25, 0.3) is 0 Å². The van der Waals surface area contributed by atoms with Gasteiger partial charge in [-0.05, 0) is 60.6 Å². The monoisotopic (exact) mass is 503 g/mol. The van der Waals surface area contributed by atoms with E-state index in [1.807, 2.05) is 30.3 Å². The molecule has 196 valence electrons. The van der Waals surface area contributed by atoms with Gasteiger partial charge in [-0.25, -0.2) is 0 Å². The first kappa shape index (κ1) is 23.7. The number of carbonyl (C=O) groups is 2. The quantitative estimate of drug-likeness (QED) is 0.346. The molecule has 4 aliphatic heterocycles. The second-order valence-electron chi connectivity index (χ2n) is 13.2. The maximum Gasteiger partial charge on any atom is 0.265 e. The van der Waals surface area contributed by atoms with E-state index in [1.165, 1.54) is 5.57 Å². The number of ether oxygens (including phenoxy) is 2. The van der Waals surface area contributed by atoms with Crippen molar-refractivity contribution < 1.29 is 24.2 Å². The number of carbonyl (C=O) groups excluding carboxylic acids is 2. The Bertz CT molecular complexity index is 1240. The van der Waals surface area contributed by atoms with Gasteiger partial charge in [0.2, 0.25) is 5.60 Å². The van der Waals surface area contributed by atoms with Crippen molar-refractivity contribution in [3.63, 3.8) is 0 Å². The van der Waals surface area contributed by atoms with E-state index in [0.717, 1.165) is 24.2 Å². The summed E-state index contributed by atoms with van der Waals surface area (Å²) in [5, 5.41) is 14.2. The number of nitrogens with one attached hydrogen (secondary N) is 1. The van der Waals surface area contributed by atoms with Crippen LogP contribution in [-0.2, 0) is 20.7 Å². The van der Waals surface area contributed by atoms with Crippen LogP contribution in [-0.4, -0.2) is 40.3 Å². The molecule has 4 heterocycles. The first-order valence-electron chi connectivity index (χ1n) is 13.9. The molecule has 2 N–H and O–H groups in total. The zero-order chi connectivity index (χ0) is 26.1. The van der Waals surface area contributed by atoms with E-state index in [9.17, 15) is 14.7 Å². The van der Waals surface area contributed by atoms with Gasteiger partial charge in [0, 0.05) is 30.1 Å². The van der Waals surface area contributed by atoms with Crippen LogP contribution in [0.4, 0.5) is 0 Å². The van der Waals surface area contributed by atoms with Crippen LogP contribution < -0.4 is 10.1 Å². The minimum atomic E-state index is -1.64.